The number of nitrogens with one attached hydrogen (secondary N) is 1. The van der Waals surface area contributed by atoms with Crippen LogP contribution in [-0.2, 0) is 14.6 Å². The Balaban J connectivity index is 1.96. The first-order chi connectivity index (χ1) is 10.3. The van der Waals surface area contributed by atoms with Crippen molar-refractivity contribution in [3.63, 3.8) is 0 Å². The van der Waals surface area contributed by atoms with Gasteiger partial charge in [0.05, 0.1) is 9.54 Å². The molecule has 1 heterocycles. The largest absolute Gasteiger partial charge is 0.326 e. The van der Waals surface area contributed by atoms with Gasteiger partial charge in [0.1, 0.15) is 10.0 Å². The van der Waals surface area contributed by atoms with E-state index in [2.05, 4.69) is 21.2 Å². The zero-order valence-electron chi connectivity index (χ0n) is 11.6. The van der Waals surface area contributed by atoms with Crippen molar-refractivity contribution in [1.82, 2.24) is 0 Å². The van der Waals surface area contributed by atoms with Crippen LogP contribution in [0.3, 0.4) is 0 Å². The van der Waals surface area contributed by atoms with Crippen molar-refractivity contribution in [2.24, 2.45) is 0 Å². The Morgan fingerprint density at radius 2 is 2.05 bits per heavy atom. The third-order valence-corrected chi connectivity index (χ3v) is 6.83. The maximum absolute atomic E-state index is 13.4. The number of hydrogen-bond donors (Lipinski definition) is 1. The first-order valence-electron chi connectivity index (χ1n) is 6.32. The average Bonchev–Trinajstić information content (AvgIpc) is 2.88. The number of benzene rings is 1. The highest BCUT2D eigenvalue weighted by Crippen LogP contribution is 2.27. The normalized spacial score (nSPS) is 11.4. The van der Waals surface area contributed by atoms with Crippen LogP contribution in [-0.4, -0.2) is 20.1 Å². The van der Waals surface area contributed by atoms with E-state index in [0.717, 1.165) is 11.3 Å². The Morgan fingerprint density at radius 1 is 1.32 bits per heavy atom. The maximum Gasteiger partial charge on any atom is 0.225 e. The summed E-state index contributed by atoms with van der Waals surface area (Å²) in [6.45, 7) is 1.62. The highest BCUT2D eigenvalue weighted by Gasteiger charge is 2.18. The van der Waals surface area contributed by atoms with Gasteiger partial charge in [-0.05, 0) is 52.7 Å². The van der Waals surface area contributed by atoms with Crippen LogP contribution in [0.5, 0.6) is 0 Å². The number of amides is 1. The van der Waals surface area contributed by atoms with E-state index in [-0.39, 0.29) is 16.4 Å². The van der Waals surface area contributed by atoms with Crippen LogP contribution in [0, 0.1) is 12.7 Å². The van der Waals surface area contributed by atoms with Crippen LogP contribution in [0.2, 0.25) is 0 Å². The van der Waals surface area contributed by atoms with E-state index in [4.69, 9.17) is 0 Å². The van der Waals surface area contributed by atoms with Gasteiger partial charge in [-0.15, -0.1) is 11.3 Å². The number of aryl methyl sites for hydroxylation is 1. The summed E-state index contributed by atoms with van der Waals surface area (Å²) in [5.41, 5.74) is 0.785. The maximum atomic E-state index is 13.4. The fourth-order valence-electron chi connectivity index (χ4n) is 1.69. The molecule has 2 aromatic rings. The first kappa shape index (κ1) is 17.1. The number of carbonyl (C=O) groups excluding carboxylic acids is 1. The van der Waals surface area contributed by atoms with Gasteiger partial charge in [0.2, 0.25) is 5.91 Å². The number of halogens is 2. The molecular weight excluding hydrogens is 393 g/mol. The summed E-state index contributed by atoms with van der Waals surface area (Å²) in [5.74, 6) is -1.18. The summed E-state index contributed by atoms with van der Waals surface area (Å²) in [5, 5.41) is 2.49. The number of sulfone groups is 1. The summed E-state index contributed by atoms with van der Waals surface area (Å²) in [6.07, 6.45) is -0.187. The molecule has 1 N–H and O–H groups in total. The molecule has 22 heavy (non-hydrogen) atoms. The van der Waals surface area contributed by atoms with Crippen molar-refractivity contribution in [1.29, 1.82) is 0 Å². The van der Waals surface area contributed by atoms with Crippen LogP contribution in [0.25, 0.3) is 0 Å². The molecule has 4 nitrogen and oxygen atoms in total. The minimum absolute atomic E-state index is 0.187. The number of hydrogen-bond acceptors (Lipinski definition) is 4. The van der Waals surface area contributed by atoms with Gasteiger partial charge in [-0.25, -0.2) is 12.8 Å². The van der Waals surface area contributed by atoms with Gasteiger partial charge in [-0.1, -0.05) is 6.07 Å². The van der Waals surface area contributed by atoms with Crippen LogP contribution in [0.4, 0.5) is 10.1 Å². The van der Waals surface area contributed by atoms with Crippen LogP contribution >= 0.6 is 27.3 Å². The van der Waals surface area contributed by atoms with Gasteiger partial charge in [0.15, 0.2) is 9.84 Å². The highest BCUT2D eigenvalue weighted by molar-refractivity contribution is 9.11. The van der Waals surface area contributed by atoms with E-state index in [0.29, 0.717) is 15.0 Å². The lowest BCUT2D eigenvalue weighted by molar-refractivity contribution is -0.115. The fraction of sp³-hybridized carbons (Fsp3) is 0.214. The van der Waals surface area contributed by atoms with Crippen LogP contribution < -0.4 is 5.32 Å². The zero-order valence-corrected chi connectivity index (χ0v) is 14.8. The van der Waals surface area contributed by atoms with Gasteiger partial charge in [0.25, 0.3) is 0 Å². The second-order valence-corrected chi connectivity index (χ2v) is 9.44. The molecule has 2 rings (SSSR count). The molecular formula is C14H13BrFNO3S2. The van der Waals surface area contributed by atoms with Crippen molar-refractivity contribution in [3.8, 4) is 0 Å². The third-order valence-electron chi connectivity index (χ3n) is 2.91. The molecule has 0 unspecified atom stereocenters. The van der Waals surface area contributed by atoms with E-state index in [1.165, 1.54) is 12.1 Å². The van der Waals surface area contributed by atoms with Crippen molar-refractivity contribution in [2.75, 3.05) is 11.1 Å². The molecule has 1 aromatic heterocycles. The molecule has 1 aromatic carbocycles. The predicted molar refractivity (Wildman–Crippen MR) is 88.5 cm³/mol. The summed E-state index contributed by atoms with van der Waals surface area (Å²) >= 11 is 4.30. The quantitative estimate of drug-likeness (QED) is 0.823. The molecule has 0 spiro atoms. The minimum Gasteiger partial charge on any atom is -0.326 e. The van der Waals surface area contributed by atoms with Crippen LogP contribution in [0.1, 0.15) is 12.0 Å². The molecule has 0 fully saturated rings. The van der Waals surface area contributed by atoms with Crippen LogP contribution in [0.15, 0.2) is 38.3 Å². The van der Waals surface area contributed by atoms with Crippen molar-refractivity contribution in [2.45, 2.75) is 17.6 Å². The van der Waals surface area contributed by atoms with Gasteiger partial charge in [-0.2, -0.15) is 0 Å². The molecule has 0 aliphatic carbocycles. The lowest BCUT2D eigenvalue weighted by Crippen LogP contribution is -2.17. The molecule has 8 heteroatoms. The molecule has 0 bridgehead atoms. The summed E-state index contributed by atoms with van der Waals surface area (Å²) in [6, 6.07) is 7.47. The Bertz CT molecular complexity index is 802. The van der Waals surface area contributed by atoms with Crippen molar-refractivity contribution < 1.29 is 17.6 Å². The zero-order chi connectivity index (χ0) is 16.3. The van der Waals surface area contributed by atoms with E-state index in [9.17, 15) is 17.6 Å². The van der Waals surface area contributed by atoms with E-state index >= 15 is 0 Å². The average molecular weight is 406 g/mol. The van der Waals surface area contributed by atoms with Gasteiger partial charge >= 0.3 is 0 Å². The van der Waals surface area contributed by atoms with E-state index in [1.807, 2.05) is 0 Å². The van der Waals surface area contributed by atoms with Gasteiger partial charge < -0.3 is 5.32 Å². The standard InChI is InChI=1S/C14H13BrFNO3S2/c1-9-2-3-10(8-11(9)16)17-13(18)6-7-22(19,20)14-5-4-12(15)21-14/h2-5,8H,6-7H2,1H3,(H,17,18). The second-order valence-electron chi connectivity index (χ2n) is 4.64. The fourth-order valence-corrected chi connectivity index (χ4v) is 5.09. The van der Waals surface area contributed by atoms with Gasteiger partial charge in [-0.3, -0.25) is 4.79 Å². The Hall–Kier alpha value is -1.25. The van der Waals surface area contributed by atoms with E-state index < -0.39 is 21.6 Å². The molecule has 0 aliphatic heterocycles. The first-order valence-corrected chi connectivity index (χ1v) is 9.58. The van der Waals surface area contributed by atoms with E-state index in [1.54, 1.807) is 25.1 Å². The Kier molecular flexibility index (Phi) is 5.36. The molecule has 0 aliphatic rings. The summed E-state index contributed by atoms with van der Waals surface area (Å²) < 4.78 is 38.4. The lowest BCUT2D eigenvalue weighted by atomic mass is 10.2. The minimum atomic E-state index is -3.49. The topological polar surface area (TPSA) is 63.2 Å². The molecule has 1 amide bonds. The number of carbonyl (C=O) groups is 1. The summed E-state index contributed by atoms with van der Waals surface area (Å²) in [4.78, 5) is 11.8. The predicted octanol–water partition coefficient (Wildman–Crippen LogP) is 3.76. The van der Waals surface area contributed by atoms with Crippen molar-refractivity contribution in [3.05, 3.63) is 45.5 Å². The molecule has 0 saturated heterocycles. The smallest absolute Gasteiger partial charge is 0.225 e. The lowest BCUT2D eigenvalue weighted by Gasteiger charge is -2.06. The monoisotopic (exact) mass is 405 g/mol. The molecule has 0 atom stereocenters. The summed E-state index contributed by atoms with van der Waals surface area (Å²) in [7, 11) is -3.49. The number of anilines is 1. The van der Waals surface area contributed by atoms with Crippen molar-refractivity contribution >= 4 is 48.7 Å². The Morgan fingerprint density at radius 3 is 2.64 bits per heavy atom. The molecule has 0 saturated carbocycles. The SMILES string of the molecule is Cc1ccc(NC(=O)CCS(=O)(=O)c2ccc(Br)s2)cc1F. The Labute approximate surface area is 140 Å². The second kappa shape index (κ2) is 6.89. The van der Waals surface area contributed by atoms with Gasteiger partial charge in [0, 0.05) is 12.1 Å². The highest BCUT2D eigenvalue weighted by atomic mass is 79.9. The molecule has 0 radical (unpaired) electrons. The third kappa shape index (κ3) is 4.37. The number of thiophene rings is 1. The molecule has 118 valence electrons. The number of rotatable bonds is 5.